The van der Waals surface area contributed by atoms with Crippen LogP contribution < -0.4 is 0 Å². The molecule has 1 nitrogen and oxygen atoms in total. The molecule has 0 saturated heterocycles. The van der Waals surface area contributed by atoms with Crippen molar-refractivity contribution < 1.29 is 4.39 Å². The van der Waals surface area contributed by atoms with Gasteiger partial charge in [0.15, 0.2) is 0 Å². The molecular formula is C24H38FN. The molecule has 0 amide bonds. The van der Waals surface area contributed by atoms with Gasteiger partial charge in [-0.3, -0.25) is 4.98 Å². The Hall–Kier alpha value is -2.22. The van der Waals surface area contributed by atoms with Crippen LogP contribution in [0, 0.1) is 18.7 Å². The zero-order chi connectivity index (χ0) is 21.1. The number of hydrogen-bond acceptors (Lipinski definition) is 1. The Morgan fingerprint density at radius 3 is 1.85 bits per heavy atom. The van der Waals surface area contributed by atoms with Gasteiger partial charge in [-0.25, -0.2) is 4.39 Å². The van der Waals surface area contributed by atoms with Crippen molar-refractivity contribution >= 4 is 0 Å². The van der Waals surface area contributed by atoms with E-state index in [4.69, 9.17) is 0 Å². The van der Waals surface area contributed by atoms with E-state index < -0.39 is 0 Å². The van der Waals surface area contributed by atoms with Crippen LogP contribution in [-0.2, 0) is 0 Å². The topological polar surface area (TPSA) is 12.9 Å². The van der Waals surface area contributed by atoms with Gasteiger partial charge >= 0.3 is 0 Å². The number of aromatic nitrogens is 1. The second-order valence-electron chi connectivity index (χ2n) is 5.21. The van der Waals surface area contributed by atoms with Gasteiger partial charge in [0.1, 0.15) is 5.82 Å². The van der Waals surface area contributed by atoms with E-state index in [2.05, 4.69) is 38.6 Å². The number of halogens is 1. The molecule has 2 rings (SSSR count). The van der Waals surface area contributed by atoms with Gasteiger partial charge in [-0.1, -0.05) is 65.8 Å². The maximum absolute atomic E-state index is 13.0. The zero-order valence-electron chi connectivity index (χ0n) is 18.1. The number of nitrogens with zero attached hydrogens (tertiary/aromatic N) is 1. The predicted molar refractivity (Wildman–Crippen MR) is 118 cm³/mol. The van der Waals surface area contributed by atoms with Crippen LogP contribution in [0.2, 0.25) is 0 Å². The number of pyridine rings is 1. The molecule has 0 fully saturated rings. The summed E-state index contributed by atoms with van der Waals surface area (Å²) < 4.78 is 13.0. The van der Waals surface area contributed by atoms with E-state index in [1.807, 2.05) is 52.8 Å². The summed E-state index contributed by atoms with van der Waals surface area (Å²) in [5.74, 6) is 0.489. The molecule has 1 aromatic heterocycles. The number of hydrogen-bond donors (Lipinski definition) is 0. The molecule has 26 heavy (non-hydrogen) atoms. The third-order valence-corrected chi connectivity index (χ3v) is 3.14. The summed E-state index contributed by atoms with van der Waals surface area (Å²) in [6, 6.07) is 8.90. The summed E-state index contributed by atoms with van der Waals surface area (Å²) in [4.78, 5) is 4.02. The normalized spacial score (nSPS) is 8.23. The van der Waals surface area contributed by atoms with Gasteiger partial charge < -0.3 is 0 Å². The lowest BCUT2D eigenvalue weighted by Gasteiger charge is -2.02. The molecule has 1 aromatic carbocycles. The largest absolute Gasteiger partial charge is 0.264 e. The summed E-state index contributed by atoms with van der Waals surface area (Å²) in [6.07, 6.45) is 3.49. The Kier molecular flexibility index (Phi) is 21.0. The van der Waals surface area contributed by atoms with Crippen molar-refractivity contribution in [1.29, 1.82) is 0 Å². The molecule has 0 unspecified atom stereocenters. The van der Waals surface area contributed by atoms with Gasteiger partial charge in [0.25, 0.3) is 0 Å². The lowest BCUT2D eigenvalue weighted by atomic mass is 10.1. The Labute approximate surface area is 161 Å². The molecule has 2 aromatic rings. The van der Waals surface area contributed by atoms with E-state index in [1.165, 1.54) is 11.6 Å². The first-order valence-corrected chi connectivity index (χ1v) is 9.23. The van der Waals surface area contributed by atoms with E-state index in [-0.39, 0.29) is 5.82 Å². The highest BCUT2D eigenvalue weighted by molar-refractivity contribution is 5.62. The van der Waals surface area contributed by atoms with Gasteiger partial charge in [-0.05, 0) is 54.7 Å². The van der Waals surface area contributed by atoms with Crippen LogP contribution >= 0.6 is 0 Å². The molecule has 0 aliphatic carbocycles. The second kappa shape index (κ2) is 19.1. The first kappa shape index (κ1) is 28.6. The first-order chi connectivity index (χ1) is 12.4. The molecule has 0 spiro atoms. The maximum atomic E-state index is 13.0. The molecule has 0 atom stereocenters. The van der Waals surface area contributed by atoms with Crippen LogP contribution in [0.15, 0.2) is 68.0 Å². The fourth-order valence-electron chi connectivity index (χ4n) is 1.36. The van der Waals surface area contributed by atoms with Crippen LogP contribution in [-0.4, -0.2) is 4.98 Å². The zero-order valence-corrected chi connectivity index (χ0v) is 18.1. The maximum Gasteiger partial charge on any atom is 0.126 e. The van der Waals surface area contributed by atoms with Gasteiger partial charge in [-0.15, -0.1) is 13.2 Å². The number of rotatable bonds is 2. The van der Waals surface area contributed by atoms with E-state index >= 15 is 0 Å². The van der Waals surface area contributed by atoms with Gasteiger partial charge in [0.05, 0.1) is 0 Å². The van der Waals surface area contributed by atoms with E-state index in [0.717, 1.165) is 11.1 Å². The van der Waals surface area contributed by atoms with Crippen molar-refractivity contribution in [1.82, 2.24) is 4.98 Å². The van der Waals surface area contributed by atoms with Gasteiger partial charge in [0.2, 0.25) is 0 Å². The van der Waals surface area contributed by atoms with Gasteiger partial charge in [-0.2, -0.15) is 0 Å². The summed E-state index contributed by atoms with van der Waals surface area (Å²) in [6.45, 7) is 25.8. The average Bonchev–Trinajstić information content (AvgIpc) is 2.70. The minimum Gasteiger partial charge on any atom is -0.264 e. The lowest BCUT2D eigenvalue weighted by Crippen LogP contribution is -1.84. The van der Waals surface area contributed by atoms with Crippen LogP contribution in [0.5, 0.6) is 0 Å². The highest BCUT2D eigenvalue weighted by Gasteiger charge is 2.00. The minimum atomic E-state index is -0.169. The SMILES string of the molecule is C=C.C=C(C)C(C)C.CC.CC.Cc1cc(-c2cccnc2)ccc1F. The standard InChI is InChI=1S/C12H10FN.C6H12.2C2H6.C2H4/c1-9-7-10(4-5-12(9)13)11-3-2-6-14-8-11;1-5(2)6(3)4;3*1-2/h2-8H,1H3;6H,1H2,2-4H3;2*1-2H3;1-2H2. The molecule has 146 valence electrons. The number of aryl methyl sites for hydroxylation is 1. The van der Waals surface area contributed by atoms with E-state index in [1.54, 1.807) is 25.4 Å². The summed E-state index contributed by atoms with van der Waals surface area (Å²) >= 11 is 0. The third-order valence-electron chi connectivity index (χ3n) is 3.14. The first-order valence-electron chi connectivity index (χ1n) is 9.23. The molecule has 0 saturated carbocycles. The van der Waals surface area contributed by atoms with Gasteiger partial charge in [0, 0.05) is 12.4 Å². The lowest BCUT2D eigenvalue weighted by molar-refractivity contribution is 0.619. The molecule has 2 heteroatoms. The monoisotopic (exact) mass is 359 g/mol. The number of allylic oxidation sites excluding steroid dienone is 1. The molecule has 0 aliphatic rings. The van der Waals surface area contributed by atoms with Crippen molar-refractivity contribution in [2.45, 2.75) is 55.4 Å². The smallest absolute Gasteiger partial charge is 0.126 e. The fourth-order valence-corrected chi connectivity index (χ4v) is 1.36. The summed E-state index contributed by atoms with van der Waals surface area (Å²) in [5.41, 5.74) is 3.92. The van der Waals surface area contributed by atoms with Crippen molar-refractivity contribution in [2.24, 2.45) is 5.92 Å². The number of benzene rings is 1. The predicted octanol–water partition coefficient (Wildman–Crippen LogP) is 8.27. The fraction of sp³-hybridized carbons (Fsp3) is 0.375. The quantitative estimate of drug-likeness (QED) is 0.492. The summed E-state index contributed by atoms with van der Waals surface area (Å²) in [7, 11) is 0. The highest BCUT2D eigenvalue weighted by Crippen LogP contribution is 2.20. The summed E-state index contributed by atoms with van der Waals surface area (Å²) in [5, 5.41) is 0. The van der Waals surface area contributed by atoms with Crippen molar-refractivity contribution in [3.05, 3.63) is 79.4 Å². The highest BCUT2D eigenvalue weighted by atomic mass is 19.1. The molecular weight excluding hydrogens is 321 g/mol. The molecule has 0 N–H and O–H groups in total. The third kappa shape index (κ3) is 13.1. The second-order valence-corrected chi connectivity index (χ2v) is 5.21. The van der Waals surface area contributed by atoms with E-state index in [9.17, 15) is 4.39 Å². The Bertz CT molecular complexity index is 574. The van der Waals surface area contributed by atoms with Crippen LogP contribution in [0.4, 0.5) is 4.39 Å². The Balaban J connectivity index is -0.000000374. The van der Waals surface area contributed by atoms with Crippen molar-refractivity contribution in [3.63, 3.8) is 0 Å². The van der Waals surface area contributed by atoms with Crippen LogP contribution in [0.1, 0.15) is 54.0 Å². The minimum absolute atomic E-state index is 0.169. The Morgan fingerprint density at radius 1 is 1.00 bits per heavy atom. The van der Waals surface area contributed by atoms with E-state index in [0.29, 0.717) is 11.5 Å². The van der Waals surface area contributed by atoms with Crippen molar-refractivity contribution in [3.8, 4) is 11.1 Å². The van der Waals surface area contributed by atoms with Crippen LogP contribution in [0.25, 0.3) is 11.1 Å². The van der Waals surface area contributed by atoms with Crippen LogP contribution in [0.3, 0.4) is 0 Å². The molecule has 0 bridgehead atoms. The Morgan fingerprint density at radius 2 is 1.50 bits per heavy atom. The van der Waals surface area contributed by atoms with Crippen molar-refractivity contribution in [2.75, 3.05) is 0 Å². The molecule has 0 aliphatic heterocycles. The molecule has 1 heterocycles. The average molecular weight is 360 g/mol. The molecule has 0 radical (unpaired) electrons.